The van der Waals surface area contributed by atoms with Crippen LogP contribution in [0.3, 0.4) is 0 Å². The zero-order chi connectivity index (χ0) is 14.5. The van der Waals surface area contributed by atoms with Crippen molar-refractivity contribution in [1.29, 1.82) is 0 Å². The van der Waals surface area contributed by atoms with Crippen LogP contribution in [0.15, 0.2) is 36.3 Å². The summed E-state index contributed by atoms with van der Waals surface area (Å²) in [6, 6.07) is 1.73. The van der Waals surface area contributed by atoms with Gasteiger partial charge in [0.25, 0.3) is 5.91 Å². The van der Waals surface area contributed by atoms with E-state index in [1.54, 1.807) is 24.7 Å². The van der Waals surface area contributed by atoms with Crippen LogP contribution in [0.4, 0.5) is 0 Å². The number of hydrogen-bond donors (Lipinski definition) is 1. The Bertz CT molecular complexity index is 681. The highest BCUT2D eigenvalue weighted by Gasteiger charge is 2.09. The fourth-order valence-electron chi connectivity index (χ4n) is 2.55. The minimum atomic E-state index is -0.105. The summed E-state index contributed by atoms with van der Waals surface area (Å²) in [4.78, 5) is 24.5. The molecule has 0 saturated carbocycles. The van der Waals surface area contributed by atoms with Gasteiger partial charge < -0.3 is 5.32 Å². The molecular formula is C16H18N4O. The van der Waals surface area contributed by atoms with E-state index in [9.17, 15) is 4.79 Å². The van der Waals surface area contributed by atoms with Gasteiger partial charge in [-0.25, -0.2) is 9.97 Å². The van der Waals surface area contributed by atoms with Crippen molar-refractivity contribution >= 4 is 17.1 Å². The molecule has 2 heterocycles. The molecule has 21 heavy (non-hydrogen) atoms. The zero-order valence-electron chi connectivity index (χ0n) is 11.9. The quantitative estimate of drug-likeness (QED) is 0.875. The van der Waals surface area contributed by atoms with Crippen LogP contribution in [0.1, 0.15) is 42.5 Å². The maximum absolute atomic E-state index is 12.1. The number of hydrogen-bond acceptors (Lipinski definition) is 4. The van der Waals surface area contributed by atoms with E-state index >= 15 is 0 Å². The average Bonchev–Trinajstić information content (AvgIpc) is 2.55. The highest BCUT2D eigenvalue weighted by molar-refractivity contribution is 5.96. The maximum Gasteiger partial charge on any atom is 0.252 e. The highest BCUT2D eigenvalue weighted by Crippen LogP contribution is 2.19. The molecule has 0 spiro atoms. The number of nitrogens with one attached hydrogen (secondary N) is 1. The average molecular weight is 282 g/mol. The summed E-state index contributed by atoms with van der Waals surface area (Å²) < 4.78 is 0. The normalized spacial score (nSPS) is 14.8. The molecular weight excluding hydrogens is 264 g/mol. The van der Waals surface area contributed by atoms with E-state index in [-0.39, 0.29) is 5.91 Å². The van der Waals surface area contributed by atoms with Crippen molar-refractivity contribution in [3.63, 3.8) is 0 Å². The third-order valence-electron chi connectivity index (χ3n) is 3.70. The van der Waals surface area contributed by atoms with Crippen LogP contribution in [-0.4, -0.2) is 27.4 Å². The molecule has 0 saturated heterocycles. The van der Waals surface area contributed by atoms with Gasteiger partial charge in [-0.05, 0) is 38.2 Å². The van der Waals surface area contributed by atoms with Crippen LogP contribution in [0.2, 0.25) is 0 Å². The Hall–Kier alpha value is -2.30. The van der Waals surface area contributed by atoms with Crippen molar-refractivity contribution in [1.82, 2.24) is 20.3 Å². The number of fused-ring (bicyclic) bond motifs is 1. The molecule has 2 aromatic heterocycles. The first-order valence-electron chi connectivity index (χ1n) is 7.36. The summed E-state index contributed by atoms with van der Waals surface area (Å²) in [5.41, 5.74) is 3.19. The zero-order valence-corrected chi connectivity index (χ0v) is 11.9. The Kier molecular flexibility index (Phi) is 4.19. The van der Waals surface area contributed by atoms with Gasteiger partial charge in [0.15, 0.2) is 5.65 Å². The lowest BCUT2D eigenvalue weighted by atomic mass is 9.97. The molecule has 0 fully saturated rings. The Labute approximate surface area is 123 Å². The molecule has 0 aromatic carbocycles. The number of carbonyl (C=O) groups is 1. The molecule has 0 radical (unpaired) electrons. The number of amides is 1. The van der Waals surface area contributed by atoms with E-state index in [1.807, 2.05) is 0 Å². The largest absolute Gasteiger partial charge is 0.352 e. The van der Waals surface area contributed by atoms with Gasteiger partial charge >= 0.3 is 0 Å². The highest BCUT2D eigenvalue weighted by atomic mass is 16.1. The monoisotopic (exact) mass is 282 g/mol. The lowest BCUT2D eigenvalue weighted by Gasteiger charge is -2.12. The fraction of sp³-hybridized carbons (Fsp3) is 0.375. The van der Waals surface area contributed by atoms with Crippen LogP contribution in [0.25, 0.3) is 11.2 Å². The van der Waals surface area contributed by atoms with Crippen LogP contribution in [-0.2, 0) is 0 Å². The number of pyridine rings is 1. The SMILES string of the molecule is O=C(NCCC1=CCCCC1)c1cnc2nccnc2c1. The molecule has 0 aliphatic heterocycles. The van der Waals surface area contributed by atoms with Crippen molar-refractivity contribution in [2.24, 2.45) is 0 Å². The second kappa shape index (κ2) is 6.43. The Morgan fingerprint density at radius 2 is 2.10 bits per heavy atom. The van der Waals surface area contributed by atoms with E-state index < -0.39 is 0 Å². The molecule has 1 aliphatic rings. The molecule has 0 bridgehead atoms. The van der Waals surface area contributed by atoms with Gasteiger partial charge in [-0.3, -0.25) is 9.78 Å². The first-order chi connectivity index (χ1) is 10.3. The summed E-state index contributed by atoms with van der Waals surface area (Å²) in [6.07, 6.45) is 12.9. The van der Waals surface area contributed by atoms with Gasteiger partial charge in [-0.2, -0.15) is 0 Å². The number of nitrogens with zero attached hydrogens (tertiary/aromatic N) is 3. The second-order valence-corrected chi connectivity index (χ2v) is 5.24. The molecule has 2 aromatic rings. The third kappa shape index (κ3) is 3.42. The van der Waals surface area contributed by atoms with E-state index in [0.29, 0.717) is 23.3 Å². The summed E-state index contributed by atoms with van der Waals surface area (Å²) >= 11 is 0. The standard InChI is InChI=1S/C16H18N4O/c21-16(19-7-6-12-4-2-1-3-5-12)13-10-14-15(20-11-13)18-9-8-17-14/h4,8-11H,1-3,5-7H2,(H,19,21). The van der Waals surface area contributed by atoms with Crippen LogP contribution in [0.5, 0.6) is 0 Å². The number of aromatic nitrogens is 3. The molecule has 1 amide bonds. The van der Waals surface area contributed by atoms with Crippen molar-refractivity contribution in [2.75, 3.05) is 6.54 Å². The topological polar surface area (TPSA) is 67.8 Å². The number of rotatable bonds is 4. The van der Waals surface area contributed by atoms with Gasteiger partial charge in [-0.15, -0.1) is 0 Å². The second-order valence-electron chi connectivity index (χ2n) is 5.24. The molecule has 1 aliphatic carbocycles. The molecule has 3 rings (SSSR count). The smallest absolute Gasteiger partial charge is 0.252 e. The van der Waals surface area contributed by atoms with E-state index in [0.717, 1.165) is 6.42 Å². The van der Waals surface area contributed by atoms with Crippen LogP contribution in [0, 0.1) is 0 Å². The lowest BCUT2D eigenvalue weighted by Crippen LogP contribution is -2.25. The third-order valence-corrected chi connectivity index (χ3v) is 3.70. The molecule has 0 unspecified atom stereocenters. The summed E-state index contributed by atoms with van der Waals surface area (Å²) in [6.45, 7) is 0.670. The maximum atomic E-state index is 12.1. The Morgan fingerprint density at radius 1 is 1.19 bits per heavy atom. The van der Waals surface area contributed by atoms with Crippen molar-refractivity contribution < 1.29 is 4.79 Å². The first kappa shape index (κ1) is 13.7. The molecule has 108 valence electrons. The molecule has 1 N–H and O–H groups in total. The summed E-state index contributed by atoms with van der Waals surface area (Å²) in [7, 11) is 0. The molecule has 5 heteroatoms. The van der Waals surface area contributed by atoms with Gasteiger partial charge in [0.1, 0.15) is 5.52 Å². The van der Waals surface area contributed by atoms with Crippen molar-refractivity contribution in [3.05, 3.63) is 41.9 Å². The predicted molar refractivity (Wildman–Crippen MR) is 80.8 cm³/mol. The Balaban J connectivity index is 1.60. The van der Waals surface area contributed by atoms with Crippen LogP contribution >= 0.6 is 0 Å². The van der Waals surface area contributed by atoms with Gasteiger partial charge in [0.2, 0.25) is 0 Å². The fourth-order valence-corrected chi connectivity index (χ4v) is 2.55. The van der Waals surface area contributed by atoms with Crippen molar-refractivity contribution in [2.45, 2.75) is 32.1 Å². The number of carbonyl (C=O) groups excluding carboxylic acids is 1. The van der Waals surface area contributed by atoms with Gasteiger partial charge in [0.05, 0.1) is 5.56 Å². The Morgan fingerprint density at radius 3 is 2.95 bits per heavy atom. The van der Waals surface area contributed by atoms with Gasteiger partial charge in [-0.1, -0.05) is 11.6 Å². The van der Waals surface area contributed by atoms with E-state index in [4.69, 9.17) is 0 Å². The summed E-state index contributed by atoms with van der Waals surface area (Å²) in [5, 5.41) is 2.94. The predicted octanol–water partition coefficient (Wildman–Crippen LogP) is 2.65. The minimum Gasteiger partial charge on any atom is -0.352 e. The molecule has 5 nitrogen and oxygen atoms in total. The van der Waals surface area contributed by atoms with E-state index in [1.165, 1.54) is 31.3 Å². The summed E-state index contributed by atoms with van der Waals surface area (Å²) in [5.74, 6) is -0.105. The van der Waals surface area contributed by atoms with E-state index in [2.05, 4.69) is 26.3 Å². The first-order valence-corrected chi connectivity index (χ1v) is 7.36. The minimum absolute atomic E-state index is 0.105. The number of allylic oxidation sites excluding steroid dienone is 1. The lowest BCUT2D eigenvalue weighted by molar-refractivity contribution is 0.0954. The molecule has 0 atom stereocenters. The van der Waals surface area contributed by atoms with Crippen LogP contribution < -0.4 is 5.32 Å². The van der Waals surface area contributed by atoms with Gasteiger partial charge in [0, 0.05) is 25.1 Å². The van der Waals surface area contributed by atoms with Crippen molar-refractivity contribution in [3.8, 4) is 0 Å².